The molecule has 3 aromatic rings. The largest absolute Gasteiger partial charge is 0.341 e. The number of thioether (sulfide) groups is 1. The van der Waals surface area contributed by atoms with Gasteiger partial charge in [0.25, 0.3) is 0 Å². The minimum absolute atomic E-state index is 0.0908. The van der Waals surface area contributed by atoms with E-state index in [2.05, 4.69) is 9.97 Å². The number of hydrogen-bond acceptors (Lipinski definition) is 5. The van der Waals surface area contributed by atoms with E-state index in [0.717, 1.165) is 20.1 Å². The van der Waals surface area contributed by atoms with E-state index in [-0.39, 0.29) is 5.91 Å². The van der Waals surface area contributed by atoms with Crippen molar-refractivity contribution >= 4 is 39.2 Å². The van der Waals surface area contributed by atoms with E-state index in [9.17, 15) is 4.79 Å². The zero-order chi connectivity index (χ0) is 15.4. The first-order chi connectivity index (χ1) is 10.7. The predicted octanol–water partition coefficient (Wildman–Crippen LogP) is 3.44. The van der Waals surface area contributed by atoms with Gasteiger partial charge in [-0.25, -0.2) is 4.98 Å². The van der Waals surface area contributed by atoms with Gasteiger partial charge >= 0.3 is 0 Å². The quantitative estimate of drug-likeness (QED) is 0.673. The number of carbonyl (C=O) groups is 1. The van der Waals surface area contributed by atoms with Crippen LogP contribution in [-0.4, -0.2) is 33.6 Å². The number of hydrogen-bond donors (Lipinski definition) is 0. The summed E-state index contributed by atoms with van der Waals surface area (Å²) < 4.78 is 2.09. The highest BCUT2D eigenvalue weighted by atomic mass is 32.2. The Hall–Kier alpha value is -1.92. The van der Waals surface area contributed by atoms with Crippen LogP contribution in [0.25, 0.3) is 10.2 Å². The average Bonchev–Trinajstić information content (AvgIpc) is 2.96. The molecular weight excluding hydrogens is 314 g/mol. The highest BCUT2D eigenvalue weighted by molar-refractivity contribution is 8.01. The number of amides is 1. The maximum Gasteiger partial charge on any atom is 0.233 e. The van der Waals surface area contributed by atoms with E-state index in [1.54, 1.807) is 28.6 Å². The van der Waals surface area contributed by atoms with Gasteiger partial charge in [0.05, 0.1) is 16.0 Å². The van der Waals surface area contributed by atoms with Gasteiger partial charge in [-0.3, -0.25) is 9.78 Å². The molecule has 0 N–H and O–H groups in total. The van der Waals surface area contributed by atoms with Gasteiger partial charge in [-0.05, 0) is 23.8 Å². The second-order valence-electron chi connectivity index (χ2n) is 4.85. The van der Waals surface area contributed by atoms with E-state index in [4.69, 9.17) is 0 Å². The van der Waals surface area contributed by atoms with Crippen molar-refractivity contribution in [3.05, 3.63) is 54.4 Å². The monoisotopic (exact) mass is 329 g/mol. The van der Waals surface area contributed by atoms with Crippen molar-refractivity contribution in [1.82, 2.24) is 14.9 Å². The molecule has 2 aromatic heterocycles. The van der Waals surface area contributed by atoms with Crippen molar-refractivity contribution in [2.45, 2.75) is 10.9 Å². The summed E-state index contributed by atoms with van der Waals surface area (Å²) in [6.07, 6.45) is 3.51. The van der Waals surface area contributed by atoms with Crippen LogP contribution in [0.4, 0.5) is 0 Å². The van der Waals surface area contributed by atoms with Crippen LogP contribution in [0, 0.1) is 0 Å². The Labute approximate surface area is 137 Å². The van der Waals surface area contributed by atoms with E-state index in [1.165, 1.54) is 11.8 Å². The second kappa shape index (κ2) is 6.89. The van der Waals surface area contributed by atoms with Gasteiger partial charge in [0.15, 0.2) is 4.34 Å². The number of para-hydroxylation sites is 1. The first-order valence-corrected chi connectivity index (χ1v) is 8.64. The molecule has 1 amide bonds. The number of aromatic nitrogens is 2. The maximum absolute atomic E-state index is 12.2. The van der Waals surface area contributed by atoms with Crippen LogP contribution in [0.15, 0.2) is 53.1 Å². The zero-order valence-corrected chi connectivity index (χ0v) is 13.7. The van der Waals surface area contributed by atoms with Crippen LogP contribution in [0.2, 0.25) is 0 Å². The van der Waals surface area contributed by atoms with Gasteiger partial charge in [0, 0.05) is 26.0 Å². The van der Waals surface area contributed by atoms with Crippen LogP contribution in [-0.2, 0) is 11.3 Å². The summed E-state index contributed by atoms with van der Waals surface area (Å²) >= 11 is 3.12. The molecule has 3 rings (SSSR count). The first-order valence-electron chi connectivity index (χ1n) is 6.83. The molecule has 1 aromatic carbocycles. The average molecular weight is 329 g/mol. The van der Waals surface area contributed by atoms with Crippen LogP contribution in [0.3, 0.4) is 0 Å². The Morgan fingerprint density at radius 3 is 2.91 bits per heavy atom. The second-order valence-corrected chi connectivity index (χ2v) is 7.10. The Morgan fingerprint density at radius 1 is 1.27 bits per heavy atom. The normalized spacial score (nSPS) is 10.8. The standard InChI is InChI=1S/C16H15N3OS2/c1-19(10-12-5-4-8-17-9-12)15(20)11-21-16-18-13-6-2-3-7-14(13)22-16/h2-9H,10-11H2,1H3. The minimum Gasteiger partial charge on any atom is -0.341 e. The topological polar surface area (TPSA) is 46.1 Å². The van der Waals surface area contributed by atoms with Gasteiger partial charge < -0.3 is 4.90 Å². The van der Waals surface area contributed by atoms with E-state index < -0.39 is 0 Å². The molecule has 112 valence electrons. The third-order valence-corrected chi connectivity index (χ3v) is 5.33. The molecule has 4 nitrogen and oxygen atoms in total. The van der Waals surface area contributed by atoms with Crippen LogP contribution in [0.5, 0.6) is 0 Å². The van der Waals surface area contributed by atoms with Gasteiger partial charge in [-0.2, -0.15) is 0 Å². The molecule has 0 aliphatic rings. The summed E-state index contributed by atoms with van der Waals surface area (Å²) in [5, 5.41) is 0. The summed E-state index contributed by atoms with van der Waals surface area (Å²) in [6, 6.07) is 11.9. The summed E-state index contributed by atoms with van der Waals surface area (Å²) in [4.78, 5) is 22.5. The molecule has 0 bridgehead atoms. The summed E-state index contributed by atoms with van der Waals surface area (Å²) in [5.74, 6) is 0.490. The Morgan fingerprint density at radius 2 is 2.14 bits per heavy atom. The van der Waals surface area contributed by atoms with Crippen molar-refractivity contribution in [2.24, 2.45) is 0 Å². The Bertz CT molecular complexity index is 740. The van der Waals surface area contributed by atoms with Gasteiger partial charge in [-0.15, -0.1) is 11.3 Å². The van der Waals surface area contributed by atoms with Crippen LogP contribution < -0.4 is 0 Å². The van der Waals surface area contributed by atoms with E-state index >= 15 is 0 Å². The molecule has 0 saturated carbocycles. The van der Waals surface area contributed by atoms with Gasteiger partial charge in [0.2, 0.25) is 5.91 Å². The summed E-state index contributed by atoms with van der Waals surface area (Å²) in [5.41, 5.74) is 2.02. The maximum atomic E-state index is 12.2. The van der Waals surface area contributed by atoms with Crippen LogP contribution >= 0.6 is 23.1 Å². The summed E-state index contributed by atoms with van der Waals surface area (Å²) in [6.45, 7) is 0.576. The molecule has 0 saturated heterocycles. The minimum atomic E-state index is 0.0908. The fraction of sp³-hybridized carbons (Fsp3) is 0.188. The number of carbonyl (C=O) groups excluding carboxylic acids is 1. The molecule has 0 fully saturated rings. The van der Waals surface area contributed by atoms with E-state index in [0.29, 0.717) is 12.3 Å². The lowest BCUT2D eigenvalue weighted by molar-refractivity contribution is -0.127. The molecule has 0 spiro atoms. The number of fused-ring (bicyclic) bond motifs is 1. The Kier molecular flexibility index (Phi) is 4.70. The fourth-order valence-electron chi connectivity index (χ4n) is 2.00. The number of nitrogens with zero attached hydrogens (tertiary/aromatic N) is 3. The van der Waals surface area contributed by atoms with Gasteiger partial charge in [0.1, 0.15) is 0 Å². The van der Waals surface area contributed by atoms with Crippen molar-refractivity contribution in [1.29, 1.82) is 0 Å². The lowest BCUT2D eigenvalue weighted by atomic mass is 10.3. The lowest BCUT2D eigenvalue weighted by Crippen LogP contribution is -2.27. The van der Waals surface area contributed by atoms with Crippen molar-refractivity contribution in [2.75, 3.05) is 12.8 Å². The lowest BCUT2D eigenvalue weighted by Gasteiger charge is -2.16. The molecule has 0 atom stereocenters. The van der Waals surface area contributed by atoms with Crippen molar-refractivity contribution < 1.29 is 4.79 Å². The van der Waals surface area contributed by atoms with Gasteiger partial charge in [-0.1, -0.05) is 30.0 Å². The molecule has 0 aliphatic heterocycles. The van der Waals surface area contributed by atoms with Crippen molar-refractivity contribution in [3.8, 4) is 0 Å². The number of pyridine rings is 1. The van der Waals surface area contributed by atoms with Crippen molar-refractivity contribution in [3.63, 3.8) is 0 Å². The van der Waals surface area contributed by atoms with E-state index in [1.807, 2.05) is 43.4 Å². The molecule has 0 radical (unpaired) electrons. The number of thiazole rings is 1. The SMILES string of the molecule is CN(Cc1cccnc1)C(=O)CSc1nc2ccccc2s1. The Balaban J connectivity index is 1.57. The first kappa shape index (κ1) is 15.0. The molecule has 0 unspecified atom stereocenters. The number of rotatable bonds is 5. The molecule has 0 aliphatic carbocycles. The predicted molar refractivity (Wildman–Crippen MR) is 91.1 cm³/mol. The highest BCUT2D eigenvalue weighted by Gasteiger charge is 2.12. The third-order valence-electron chi connectivity index (χ3n) is 3.16. The molecular formula is C16H15N3OS2. The molecule has 2 heterocycles. The van der Waals surface area contributed by atoms with Crippen LogP contribution in [0.1, 0.15) is 5.56 Å². The molecule has 6 heteroatoms. The highest BCUT2D eigenvalue weighted by Crippen LogP contribution is 2.29. The third kappa shape index (κ3) is 3.64. The molecule has 22 heavy (non-hydrogen) atoms. The summed E-state index contributed by atoms with van der Waals surface area (Å²) in [7, 11) is 1.81. The smallest absolute Gasteiger partial charge is 0.233 e. The zero-order valence-electron chi connectivity index (χ0n) is 12.1. The number of benzene rings is 1. The fourth-order valence-corrected chi connectivity index (χ4v) is 4.01.